The topological polar surface area (TPSA) is 214 Å². The molecule has 4 heterocycles. The number of anilines is 1. The normalized spacial score (nSPS) is 33.5. The molecule has 4 fully saturated rings. The van der Waals surface area contributed by atoms with E-state index >= 15 is 0 Å². The first kappa shape index (κ1) is 51.2. The van der Waals surface area contributed by atoms with Crippen LogP contribution in [0.15, 0.2) is 35.9 Å². The highest BCUT2D eigenvalue weighted by Crippen LogP contribution is 2.49. The number of likely N-dealkylation sites (tertiary alicyclic amines) is 1. The van der Waals surface area contributed by atoms with Gasteiger partial charge in [-0.05, 0) is 82.4 Å². The number of ether oxygens (including phenoxy) is 5. The molecule has 66 heavy (non-hydrogen) atoms. The molecule has 17 nitrogen and oxygen atoms in total. The third kappa shape index (κ3) is 11.4. The first-order valence-corrected chi connectivity index (χ1v) is 24.1. The third-order valence-corrected chi connectivity index (χ3v) is 15.6. The average Bonchev–Trinajstić information content (AvgIpc) is 3.91. The summed E-state index contributed by atoms with van der Waals surface area (Å²) in [7, 11) is 5.92. The molecule has 1 aliphatic carbocycles. The summed E-state index contributed by atoms with van der Waals surface area (Å²) in [6.07, 6.45) is 4.02. The predicted molar refractivity (Wildman–Crippen MR) is 246 cm³/mol. The molecule has 0 aromatic heterocycles. The van der Waals surface area contributed by atoms with Crippen molar-refractivity contribution in [3.8, 4) is 5.75 Å². The Bertz CT molecular complexity index is 2080. The Morgan fingerprint density at radius 3 is 2.45 bits per heavy atom. The zero-order valence-electron chi connectivity index (χ0n) is 39.1. The predicted octanol–water partition coefficient (Wildman–Crippen LogP) is 4.56. The Morgan fingerprint density at radius 1 is 1.09 bits per heavy atom. The maximum Gasteiger partial charge on any atom is 0.409 e. The molecule has 1 aromatic rings. The molecule has 9 atom stereocenters. The number of fused-ring (bicyclic) bond motifs is 5. The zero-order chi connectivity index (χ0) is 48.2. The van der Waals surface area contributed by atoms with E-state index < -0.39 is 76.8 Å². The van der Waals surface area contributed by atoms with E-state index in [0.717, 1.165) is 36.8 Å². The molecule has 4 bridgehead atoms. The largest absolute Gasteiger partial charge is 0.495 e. The fourth-order valence-electron chi connectivity index (χ4n) is 9.51. The van der Waals surface area contributed by atoms with E-state index in [2.05, 4.69) is 5.32 Å². The average molecular weight is 962 g/mol. The second-order valence-corrected chi connectivity index (χ2v) is 20.3. The molecular formula is C47H65ClN4O13S. The van der Waals surface area contributed by atoms with Crippen LogP contribution in [0.25, 0.3) is 0 Å². The fourth-order valence-corrected chi connectivity index (χ4v) is 10.9. The van der Waals surface area contributed by atoms with Gasteiger partial charge in [-0.1, -0.05) is 42.3 Å². The third-order valence-electron chi connectivity index (χ3n) is 14.0. The number of imide groups is 1. The second-order valence-electron chi connectivity index (χ2n) is 18.6. The first-order chi connectivity index (χ1) is 31.2. The van der Waals surface area contributed by atoms with Crippen LogP contribution >= 0.6 is 23.4 Å². The summed E-state index contributed by atoms with van der Waals surface area (Å²) in [5, 5.41) is 23.4. The van der Waals surface area contributed by atoms with Crippen molar-refractivity contribution in [2.45, 2.75) is 133 Å². The Balaban J connectivity index is 1.17. The Hall–Kier alpha value is -4.20. The van der Waals surface area contributed by atoms with Gasteiger partial charge in [-0.15, -0.1) is 11.8 Å². The van der Waals surface area contributed by atoms with Crippen LogP contribution in [-0.4, -0.2) is 150 Å². The number of carbonyl (C=O) groups is 6. The number of aliphatic hydroxyl groups excluding tert-OH is 1. The van der Waals surface area contributed by atoms with Crippen LogP contribution in [-0.2, 0) is 49.3 Å². The van der Waals surface area contributed by atoms with Gasteiger partial charge in [0, 0.05) is 65.3 Å². The van der Waals surface area contributed by atoms with E-state index in [9.17, 15) is 39.0 Å². The molecule has 0 radical (unpaired) electrons. The highest BCUT2D eigenvalue weighted by atomic mass is 35.5. The summed E-state index contributed by atoms with van der Waals surface area (Å²) in [6, 6.07) is 2.44. The summed E-state index contributed by atoms with van der Waals surface area (Å²) in [4.78, 5) is 84.9. The molecule has 1 saturated carbocycles. The minimum atomic E-state index is -1.87. The van der Waals surface area contributed by atoms with Gasteiger partial charge in [0.25, 0.3) is 0 Å². The van der Waals surface area contributed by atoms with Crippen LogP contribution in [0.4, 0.5) is 10.5 Å². The number of epoxide rings is 1. The standard InChI is InChI=1S/C47H65ClN4O13S/c1-26-10-9-11-36(62-8)47(60)23-34(63-45(59)49-47)27(2)42-46(4,65-42)37(22-39(55)51(6)32-19-31(18-26)20-33(61-7)41(32)48)64-44(58)28(3)50(5)38(54)16-17-66-35-21-40(56)52(43(35)57)24-29-12-14-30(25-53)15-13-29/h9-11,19-20,27-30,34-37,42,53,60H,12-18,21-25H2,1-8H3,(H,49,59)/b11-9+,26-10+/t27-,28+,29?,30?,34?,35?,36-,37+,42?,46+,47+/m1/s1. The summed E-state index contributed by atoms with van der Waals surface area (Å²) >= 11 is 8.05. The monoisotopic (exact) mass is 960 g/mol. The van der Waals surface area contributed by atoms with Crippen molar-refractivity contribution in [3.05, 3.63) is 46.5 Å². The number of amides is 5. The number of methoxy groups -OCH3 is 2. The number of likely N-dealkylation sites (N-methyl/N-ethyl adjacent to an activating group) is 1. The summed E-state index contributed by atoms with van der Waals surface area (Å²) in [5.74, 6) is -1.67. The molecule has 19 heteroatoms. The van der Waals surface area contributed by atoms with Crippen molar-refractivity contribution < 1.29 is 62.7 Å². The number of aliphatic hydroxyl groups is 2. The molecule has 5 aliphatic rings. The van der Waals surface area contributed by atoms with Gasteiger partial charge in [-0.2, -0.15) is 0 Å². The number of thioether (sulfide) groups is 1. The van der Waals surface area contributed by atoms with Crippen molar-refractivity contribution in [2.75, 3.05) is 52.1 Å². The number of benzene rings is 1. The second kappa shape index (κ2) is 21.4. The number of alkyl carbamates (subject to hydrolysis) is 1. The van der Waals surface area contributed by atoms with Crippen molar-refractivity contribution in [3.63, 3.8) is 0 Å². The van der Waals surface area contributed by atoms with Crippen molar-refractivity contribution in [2.24, 2.45) is 17.8 Å². The molecule has 3 saturated heterocycles. The summed E-state index contributed by atoms with van der Waals surface area (Å²) in [5.41, 5.74) is -1.11. The highest BCUT2D eigenvalue weighted by molar-refractivity contribution is 8.00. The molecule has 3 unspecified atom stereocenters. The van der Waals surface area contributed by atoms with E-state index in [-0.39, 0.29) is 66.7 Å². The van der Waals surface area contributed by atoms with E-state index in [0.29, 0.717) is 24.4 Å². The highest BCUT2D eigenvalue weighted by Gasteiger charge is 2.64. The van der Waals surface area contributed by atoms with Gasteiger partial charge < -0.3 is 43.7 Å². The summed E-state index contributed by atoms with van der Waals surface area (Å²) < 4.78 is 29.4. The van der Waals surface area contributed by atoms with E-state index in [4.69, 9.17) is 35.3 Å². The Labute approximate surface area is 395 Å². The number of nitrogens with zero attached hydrogens (tertiary/aromatic N) is 3. The SMILES string of the molecule is COc1cc2cc(c1Cl)N(C)C(=O)C[C@H](OC(=O)[C@H](C)N(C)C(=O)CCSC1CC(=O)N(CC3CCC(CO)CC3)C1=O)[C@]1(C)OC1[C@H](C)C1C[C@@](O)(NC(=O)O1)[C@H](OC)/C=C/C=C(\C)C2. The lowest BCUT2D eigenvalue weighted by atomic mass is 9.82. The molecule has 0 spiro atoms. The fraction of sp³-hybridized carbons (Fsp3) is 0.660. The van der Waals surface area contributed by atoms with E-state index in [1.807, 2.05) is 13.0 Å². The number of rotatable bonds is 12. The maximum atomic E-state index is 14.3. The maximum absolute atomic E-state index is 14.3. The van der Waals surface area contributed by atoms with Crippen molar-refractivity contribution in [1.29, 1.82) is 0 Å². The minimum absolute atomic E-state index is 0.0192. The smallest absolute Gasteiger partial charge is 0.409 e. The zero-order valence-corrected chi connectivity index (χ0v) is 40.7. The van der Waals surface area contributed by atoms with Crippen molar-refractivity contribution >= 4 is 64.7 Å². The number of allylic oxidation sites excluding steroid dienone is 3. The number of hydrogen-bond acceptors (Lipinski definition) is 14. The van der Waals surface area contributed by atoms with Crippen LogP contribution < -0.4 is 15.0 Å². The number of esters is 1. The number of hydrogen-bond donors (Lipinski definition) is 3. The van der Waals surface area contributed by atoms with Crippen molar-refractivity contribution in [1.82, 2.24) is 15.1 Å². The van der Waals surface area contributed by atoms with Gasteiger partial charge in [0.1, 0.15) is 40.7 Å². The Morgan fingerprint density at radius 2 is 1.79 bits per heavy atom. The van der Waals surface area contributed by atoms with E-state index in [1.54, 1.807) is 45.2 Å². The molecule has 364 valence electrons. The molecule has 4 aliphatic heterocycles. The van der Waals surface area contributed by atoms with Gasteiger partial charge >= 0.3 is 12.1 Å². The Kier molecular flexibility index (Phi) is 16.6. The van der Waals surface area contributed by atoms with E-state index in [1.165, 1.54) is 54.7 Å². The van der Waals surface area contributed by atoms with Crippen LogP contribution in [0.3, 0.4) is 0 Å². The van der Waals surface area contributed by atoms with Gasteiger partial charge in [-0.25, -0.2) is 9.59 Å². The minimum Gasteiger partial charge on any atom is -0.495 e. The molecule has 1 aromatic carbocycles. The lowest BCUT2D eigenvalue weighted by molar-refractivity contribution is -0.162. The number of carbonyl (C=O) groups excluding carboxylic acids is 6. The summed E-state index contributed by atoms with van der Waals surface area (Å²) in [6.45, 7) is 7.41. The van der Waals surface area contributed by atoms with Gasteiger partial charge in [0.05, 0.1) is 30.6 Å². The molecular weight excluding hydrogens is 896 g/mol. The van der Waals surface area contributed by atoms with Crippen LogP contribution in [0, 0.1) is 17.8 Å². The van der Waals surface area contributed by atoms with Gasteiger partial charge in [0.15, 0.2) is 5.72 Å². The van der Waals surface area contributed by atoms with Gasteiger partial charge in [-0.3, -0.25) is 29.4 Å². The number of halogens is 1. The lowest BCUT2D eigenvalue weighted by Crippen LogP contribution is -2.63. The lowest BCUT2D eigenvalue weighted by Gasteiger charge is -2.42. The molecule has 3 N–H and O–H groups in total. The first-order valence-electron chi connectivity index (χ1n) is 22.6. The van der Waals surface area contributed by atoms with Crippen LogP contribution in [0.5, 0.6) is 5.75 Å². The van der Waals surface area contributed by atoms with Gasteiger partial charge in [0.2, 0.25) is 23.6 Å². The molecule has 5 amide bonds. The van der Waals surface area contributed by atoms with Crippen LogP contribution in [0.2, 0.25) is 5.02 Å². The molecule has 6 rings (SSSR count). The number of nitrogens with one attached hydrogen (secondary N) is 1. The quantitative estimate of drug-likeness (QED) is 0.149. The van der Waals surface area contributed by atoms with Crippen LogP contribution in [0.1, 0.15) is 84.6 Å².